The van der Waals surface area contributed by atoms with Gasteiger partial charge in [-0.1, -0.05) is 6.07 Å². The third-order valence-corrected chi connectivity index (χ3v) is 4.70. The fourth-order valence-corrected chi connectivity index (χ4v) is 3.24. The predicted octanol–water partition coefficient (Wildman–Crippen LogP) is 3.07. The maximum atomic E-state index is 9.51. The molecule has 1 aliphatic rings. The van der Waals surface area contributed by atoms with Crippen LogP contribution in [0.1, 0.15) is 11.5 Å². The van der Waals surface area contributed by atoms with Crippen molar-refractivity contribution >= 4 is 18.9 Å². The first kappa shape index (κ1) is 15.4. The largest absolute Gasteiger partial charge is 0.496 e. The van der Waals surface area contributed by atoms with Crippen LogP contribution in [0.5, 0.6) is 5.75 Å². The lowest BCUT2D eigenvalue weighted by atomic mass is 9.80. The van der Waals surface area contributed by atoms with Crippen molar-refractivity contribution in [3.05, 3.63) is 42.2 Å². The van der Waals surface area contributed by atoms with E-state index >= 15 is 0 Å². The van der Waals surface area contributed by atoms with Crippen molar-refractivity contribution in [2.45, 2.75) is 17.1 Å². The highest BCUT2D eigenvalue weighted by Crippen LogP contribution is 2.34. The van der Waals surface area contributed by atoms with E-state index in [9.17, 15) is 5.02 Å². The molecule has 1 aromatic heterocycles. The number of methoxy groups -OCH3 is 1. The van der Waals surface area contributed by atoms with Crippen LogP contribution in [-0.4, -0.2) is 37.1 Å². The molecule has 0 saturated carbocycles. The third kappa shape index (κ3) is 3.14. The summed E-state index contributed by atoms with van der Waals surface area (Å²) < 4.78 is 10.7. The Morgan fingerprint density at radius 3 is 2.86 bits per heavy atom. The van der Waals surface area contributed by atoms with Gasteiger partial charge in [-0.25, -0.2) is 0 Å². The summed E-state index contributed by atoms with van der Waals surface area (Å²) in [4.78, 5) is 5.46. The van der Waals surface area contributed by atoms with E-state index in [1.807, 2.05) is 24.7 Å². The van der Waals surface area contributed by atoms with E-state index in [0.29, 0.717) is 12.9 Å². The van der Waals surface area contributed by atoms with Gasteiger partial charge in [0, 0.05) is 35.4 Å². The Morgan fingerprint density at radius 2 is 2.18 bits per heavy atom. The Bertz CT molecular complexity index is 668. The van der Waals surface area contributed by atoms with E-state index in [4.69, 9.17) is 9.39 Å². The van der Waals surface area contributed by atoms with Crippen molar-refractivity contribution in [2.75, 3.05) is 20.0 Å². The highest BCUT2D eigenvalue weighted by molar-refractivity contribution is 7.98. The molecule has 114 valence electrons. The number of nitrogens with zero attached hydrogens (tertiary/aromatic N) is 1. The second-order valence-corrected chi connectivity index (χ2v) is 6.15. The minimum atomic E-state index is -0.658. The Labute approximate surface area is 135 Å². The van der Waals surface area contributed by atoms with Gasteiger partial charge in [0.15, 0.2) is 0 Å². The zero-order valence-corrected chi connectivity index (χ0v) is 13.5. The maximum absolute atomic E-state index is 9.51. The van der Waals surface area contributed by atoms with Crippen LogP contribution in [0.15, 0.2) is 41.6 Å². The van der Waals surface area contributed by atoms with Crippen molar-refractivity contribution in [1.29, 1.82) is 0 Å². The van der Waals surface area contributed by atoms with Crippen LogP contribution in [0.3, 0.4) is 0 Å². The summed E-state index contributed by atoms with van der Waals surface area (Å²) in [6.07, 6.45) is 6.36. The normalized spacial score (nSPS) is 17.8. The first-order valence-corrected chi connectivity index (χ1v) is 8.40. The summed E-state index contributed by atoms with van der Waals surface area (Å²) in [5.41, 5.74) is 3.22. The fourth-order valence-electron chi connectivity index (χ4n) is 2.69. The van der Waals surface area contributed by atoms with Crippen LogP contribution in [0, 0.1) is 0 Å². The molecule has 1 aliphatic heterocycles. The second kappa shape index (κ2) is 6.73. The Kier molecular flexibility index (Phi) is 4.71. The van der Waals surface area contributed by atoms with E-state index in [1.54, 1.807) is 18.9 Å². The van der Waals surface area contributed by atoms with E-state index in [0.717, 1.165) is 27.3 Å². The number of ether oxygens (including phenoxy) is 1. The van der Waals surface area contributed by atoms with Gasteiger partial charge in [0.25, 0.3) is 0 Å². The van der Waals surface area contributed by atoms with Crippen LogP contribution < -0.4 is 4.74 Å². The van der Waals surface area contributed by atoms with Crippen molar-refractivity contribution in [1.82, 2.24) is 4.98 Å². The van der Waals surface area contributed by atoms with Gasteiger partial charge < -0.3 is 14.4 Å². The molecule has 1 aromatic carbocycles. The SMILES string of the molecule is COc1cc(-c2cncc([C@@H]3COB(O)C3)c2)ccc1SC. The molecule has 6 heteroatoms. The summed E-state index contributed by atoms with van der Waals surface area (Å²) in [7, 11) is 1.03. The lowest BCUT2D eigenvalue weighted by Crippen LogP contribution is -2.07. The lowest BCUT2D eigenvalue weighted by Gasteiger charge is -2.12. The molecule has 1 N–H and O–H groups in total. The van der Waals surface area contributed by atoms with Crippen LogP contribution in [0.25, 0.3) is 11.1 Å². The molecular weight excluding hydrogens is 297 g/mol. The molecular formula is C16H18BNO3S. The van der Waals surface area contributed by atoms with Crippen LogP contribution in [0.4, 0.5) is 0 Å². The molecule has 1 atom stereocenters. The van der Waals surface area contributed by atoms with Crippen molar-refractivity contribution in [3.8, 4) is 16.9 Å². The standard InChI is InChI=1S/C16H18BNO3S/c1-20-15-6-11(3-4-16(15)22-2)12-5-13(9-18-8-12)14-7-17(19)21-10-14/h3-6,8-9,14,19H,7,10H2,1-2H3/t14-/m0/s1. The molecule has 2 heterocycles. The summed E-state index contributed by atoms with van der Waals surface area (Å²) >= 11 is 1.66. The highest BCUT2D eigenvalue weighted by atomic mass is 32.2. The van der Waals surface area contributed by atoms with Gasteiger partial charge >= 0.3 is 7.12 Å². The second-order valence-electron chi connectivity index (χ2n) is 5.30. The quantitative estimate of drug-likeness (QED) is 0.694. The van der Waals surface area contributed by atoms with Gasteiger partial charge in [-0.2, -0.15) is 0 Å². The zero-order valence-electron chi connectivity index (χ0n) is 12.7. The van der Waals surface area contributed by atoms with Gasteiger partial charge in [0.05, 0.1) is 7.11 Å². The van der Waals surface area contributed by atoms with E-state index in [-0.39, 0.29) is 5.92 Å². The van der Waals surface area contributed by atoms with Crippen molar-refractivity contribution in [3.63, 3.8) is 0 Å². The average molecular weight is 315 g/mol. The number of thioether (sulfide) groups is 1. The monoisotopic (exact) mass is 315 g/mol. The molecule has 0 bridgehead atoms. The number of rotatable bonds is 4. The summed E-state index contributed by atoms with van der Waals surface area (Å²) in [6.45, 7) is 0.543. The molecule has 4 nitrogen and oxygen atoms in total. The molecule has 22 heavy (non-hydrogen) atoms. The molecule has 2 aromatic rings. The summed E-state index contributed by atoms with van der Waals surface area (Å²) in [5.74, 6) is 1.07. The highest BCUT2D eigenvalue weighted by Gasteiger charge is 2.30. The Hall–Kier alpha value is -1.50. The molecule has 0 aliphatic carbocycles. The maximum Gasteiger partial charge on any atom is 0.454 e. The number of aromatic nitrogens is 1. The molecule has 0 amide bonds. The Balaban J connectivity index is 1.92. The smallest absolute Gasteiger partial charge is 0.454 e. The molecule has 0 radical (unpaired) electrons. The van der Waals surface area contributed by atoms with Gasteiger partial charge in [0.1, 0.15) is 5.75 Å². The third-order valence-electron chi connectivity index (χ3n) is 3.92. The number of pyridine rings is 1. The lowest BCUT2D eigenvalue weighted by molar-refractivity contribution is 0.292. The van der Waals surface area contributed by atoms with Gasteiger partial charge in [-0.15, -0.1) is 11.8 Å². The van der Waals surface area contributed by atoms with Crippen LogP contribution >= 0.6 is 11.8 Å². The van der Waals surface area contributed by atoms with Crippen LogP contribution in [0.2, 0.25) is 6.32 Å². The van der Waals surface area contributed by atoms with E-state index in [1.165, 1.54) is 0 Å². The molecule has 0 spiro atoms. The fraction of sp³-hybridized carbons (Fsp3) is 0.312. The molecule has 1 saturated heterocycles. The topological polar surface area (TPSA) is 51.6 Å². The van der Waals surface area contributed by atoms with E-state index < -0.39 is 7.12 Å². The zero-order chi connectivity index (χ0) is 15.5. The first-order valence-electron chi connectivity index (χ1n) is 7.18. The number of benzene rings is 1. The van der Waals surface area contributed by atoms with Gasteiger partial charge in [-0.3, -0.25) is 4.98 Å². The summed E-state index contributed by atoms with van der Waals surface area (Å²) in [5, 5.41) is 9.51. The minimum absolute atomic E-state index is 0.204. The summed E-state index contributed by atoms with van der Waals surface area (Å²) in [6, 6.07) is 8.29. The predicted molar refractivity (Wildman–Crippen MR) is 89.5 cm³/mol. The van der Waals surface area contributed by atoms with E-state index in [2.05, 4.69) is 23.2 Å². The minimum Gasteiger partial charge on any atom is -0.496 e. The number of hydrogen-bond donors (Lipinski definition) is 1. The van der Waals surface area contributed by atoms with Crippen molar-refractivity contribution in [2.24, 2.45) is 0 Å². The Morgan fingerprint density at radius 1 is 1.32 bits per heavy atom. The molecule has 3 rings (SSSR count). The average Bonchev–Trinajstić information content (AvgIpc) is 3.01. The molecule has 0 unspecified atom stereocenters. The van der Waals surface area contributed by atoms with Gasteiger partial charge in [-0.05, 0) is 41.9 Å². The van der Waals surface area contributed by atoms with Gasteiger partial charge in [0.2, 0.25) is 0 Å². The number of hydrogen-bond acceptors (Lipinski definition) is 5. The first-order chi connectivity index (χ1) is 10.7. The van der Waals surface area contributed by atoms with Crippen molar-refractivity contribution < 1.29 is 14.4 Å². The van der Waals surface area contributed by atoms with Crippen LogP contribution in [-0.2, 0) is 4.65 Å². The molecule has 1 fully saturated rings.